The smallest absolute Gasteiger partial charge is 0.405 e. The highest BCUT2D eigenvalue weighted by molar-refractivity contribution is 5.41. The van der Waals surface area contributed by atoms with Crippen molar-refractivity contribution in [2.45, 2.75) is 25.5 Å². The lowest BCUT2D eigenvalue weighted by Gasteiger charge is -2.18. The van der Waals surface area contributed by atoms with Crippen LogP contribution in [-0.4, -0.2) is 11.3 Å². The van der Waals surface area contributed by atoms with Crippen LogP contribution in [-0.2, 0) is 12.7 Å². The second kappa shape index (κ2) is 5.38. The lowest BCUT2D eigenvalue weighted by molar-refractivity contribution is -0.275. The largest absolute Gasteiger partial charge is 0.573 e. The summed E-state index contributed by atoms with van der Waals surface area (Å²) in [5.41, 5.74) is 0.164. The summed E-state index contributed by atoms with van der Waals surface area (Å²) in [4.78, 5) is 2.80. The van der Waals surface area contributed by atoms with Crippen molar-refractivity contribution in [2.75, 3.05) is 0 Å². The van der Waals surface area contributed by atoms with Gasteiger partial charge in [-0.15, -0.1) is 13.2 Å². The summed E-state index contributed by atoms with van der Waals surface area (Å²) in [6.45, 7) is -0.680. The van der Waals surface area contributed by atoms with Gasteiger partial charge in [0.05, 0.1) is 11.3 Å². The number of hydrogen-bond acceptors (Lipinski definition) is 3. The van der Waals surface area contributed by atoms with Gasteiger partial charge >= 0.3 is 12.5 Å². The Labute approximate surface area is 106 Å². The molecular formula is C9H6F8N2O. The van der Waals surface area contributed by atoms with Gasteiger partial charge in [0.15, 0.2) is 5.69 Å². The van der Waals surface area contributed by atoms with Crippen LogP contribution in [0.4, 0.5) is 35.1 Å². The molecule has 20 heavy (non-hydrogen) atoms. The molecule has 1 rings (SSSR count). The molecule has 1 aromatic heterocycles. The molecule has 11 heteroatoms. The average molecular weight is 310 g/mol. The van der Waals surface area contributed by atoms with Gasteiger partial charge in [-0.1, -0.05) is 0 Å². The fourth-order valence-electron chi connectivity index (χ4n) is 1.32. The zero-order valence-corrected chi connectivity index (χ0v) is 9.32. The fraction of sp³-hybridized carbons (Fsp3) is 0.444. The zero-order valence-electron chi connectivity index (χ0n) is 9.32. The summed E-state index contributed by atoms with van der Waals surface area (Å²) < 4.78 is 102. The summed E-state index contributed by atoms with van der Waals surface area (Å²) in [5, 5.41) is 0. The van der Waals surface area contributed by atoms with Crippen LogP contribution in [0.3, 0.4) is 0 Å². The van der Waals surface area contributed by atoms with E-state index in [-0.39, 0.29) is 0 Å². The first-order chi connectivity index (χ1) is 8.95. The zero-order chi connectivity index (χ0) is 15.7. The number of pyridine rings is 1. The molecule has 0 aliphatic rings. The number of ether oxygens (including phenoxy) is 1. The van der Waals surface area contributed by atoms with E-state index >= 15 is 0 Å². The first-order valence-corrected chi connectivity index (χ1v) is 4.80. The van der Waals surface area contributed by atoms with Crippen LogP contribution in [0.25, 0.3) is 0 Å². The van der Waals surface area contributed by atoms with Gasteiger partial charge in [-0.05, 0) is 0 Å². The first kappa shape index (κ1) is 16.4. The van der Waals surface area contributed by atoms with E-state index in [1.807, 2.05) is 0 Å². The number of halogens is 8. The van der Waals surface area contributed by atoms with Crippen molar-refractivity contribution in [1.29, 1.82) is 0 Å². The second-order valence-corrected chi connectivity index (χ2v) is 3.42. The van der Waals surface area contributed by atoms with Gasteiger partial charge in [-0.3, -0.25) is 0 Å². The van der Waals surface area contributed by atoms with Gasteiger partial charge in [0.25, 0.3) is 6.43 Å². The predicted octanol–water partition coefficient (Wildman–Crippen LogP) is 3.40. The molecule has 0 unspecified atom stereocenters. The lowest BCUT2D eigenvalue weighted by Crippen LogP contribution is -2.22. The maximum absolute atomic E-state index is 12.6. The Hall–Kier alpha value is -1.65. The topological polar surface area (TPSA) is 48.1 Å². The molecule has 0 amide bonds. The minimum atomic E-state index is -5.43. The normalized spacial score (nSPS) is 12.9. The van der Waals surface area contributed by atoms with E-state index in [0.29, 0.717) is 6.07 Å². The predicted molar refractivity (Wildman–Crippen MR) is 48.8 cm³/mol. The summed E-state index contributed by atoms with van der Waals surface area (Å²) in [6.07, 6.45) is -14.7. The average Bonchev–Trinajstić information content (AvgIpc) is 2.23. The van der Waals surface area contributed by atoms with Crippen molar-refractivity contribution in [3.05, 3.63) is 23.0 Å². The van der Waals surface area contributed by atoms with E-state index in [1.54, 1.807) is 0 Å². The molecule has 0 aliphatic heterocycles. The van der Waals surface area contributed by atoms with Crippen LogP contribution in [0, 0.1) is 0 Å². The van der Waals surface area contributed by atoms with Crippen LogP contribution in [0.5, 0.6) is 5.75 Å². The molecule has 0 fully saturated rings. The minimum absolute atomic E-state index is 0.296. The van der Waals surface area contributed by atoms with E-state index in [9.17, 15) is 35.1 Å². The van der Waals surface area contributed by atoms with E-state index in [2.05, 4.69) is 9.72 Å². The van der Waals surface area contributed by atoms with Crippen LogP contribution in [0.2, 0.25) is 0 Å². The van der Waals surface area contributed by atoms with Crippen LogP contribution in [0.15, 0.2) is 6.07 Å². The molecule has 0 bridgehead atoms. The van der Waals surface area contributed by atoms with Crippen molar-refractivity contribution in [3.63, 3.8) is 0 Å². The monoisotopic (exact) mass is 310 g/mol. The molecule has 0 saturated carbocycles. The number of hydrogen-bond donors (Lipinski definition) is 1. The van der Waals surface area contributed by atoms with Crippen LogP contribution >= 0.6 is 0 Å². The maximum Gasteiger partial charge on any atom is 0.573 e. The molecule has 1 aromatic rings. The molecule has 1 heterocycles. The van der Waals surface area contributed by atoms with E-state index in [1.165, 1.54) is 0 Å². The second-order valence-electron chi connectivity index (χ2n) is 3.42. The SMILES string of the molecule is NCc1cc(OC(F)(F)F)c(C(F)F)c(C(F)(F)F)n1. The maximum atomic E-state index is 12.6. The minimum Gasteiger partial charge on any atom is -0.405 e. The third kappa shape index (κ3) is 3.92. The molecule has 114 valence electrons. The highest BCUT2D eigenvalue weighted by atomic mass is 19.4. The van der Waals surface area contributed by atoms with E-state index in [4.69, 9.17) is 5.73 Å². The Morgan fingerprint density at radius 3 is 2.05 bits per heavy atom. The third-order valence-electron chi connectivity index (χ3n) is 2.00. The number of nitrogens with zero attached hydrogens (tertiary/aromatic N) is 1. The van der Waals surface area contributed by atoms with Crippen molar-refractivity contribution < 1.29 is 39.9 Å². The molecule has 2 N–H and O–H groups in total. The van der Waals surface area contributed by atoms with E-state index in [0.717, 1.165) is 0 Å². The highest BCUT2D eigenvalue weighted by Gasteiger charge is 2.42. The third-order valence-corrected chi connectivity index (χ3v) is 2.00. The van der Waals surface area contributed by atoms with Gasteiger partial charge in [-0.25, -0.2) is 13.8 Å². The molecule has 0 aromatic carbocycles. The summed E-state index contributed by atoms with van der Waals surface area (Å²) in [5.74, 6) is -1.67. The summed E-state index contributed by atoms with van der Waals surface area (Å²) in [7, 11) is 0. The van der Waals surface area contributed by atoms with Crippen molar-refractivity contribution in [2.24, 2.45) is 5.73 Å². The molecule has 0 radical (unpaired) electrons. The van der Waals surface area contributed by atoms with Gasteiger partial charge in [0, 0.05) is 12.6 Å². The Morgan fingerprint density at radius 2 is 1.70 bits per heavy atom. The molecule has 0 aliphatic carbocycles. The van der Waals surface area contributed by atoms with Crippen molar-refractivity contribution in [3.8, 4) is 5.75 Å². The first-order valence-electron chi connectivity index (χ1n) is 4.80. The Morgan fingerprint density at radius 1 is 1.15 bits per heavy atom. The standard InChI is InChI=1S/C9H6F8N2O/c10-7(11)5-4(20-9(15,16)17)1-3(2-18)19-6(5)8(12,13)14/h1,7H,2,18H2. The van der Waals surface area contributed by atoms with Gasteiger partial charge < -0.3 is 10.5 Å². The lowest BCUT2D eigenvalue weighted by atomic mass is 10.1. The van der Waals surface area contributed by atoms with Crippen LogP contribution in [0.1, 0.15) is 23.4 Å². The highest BCUT2D eigenvalue weighted by Crippen LogP contribution is 2.41. The van der Waals surface area contributed by atoms with Crippen molar-refractivity contribution in [1.82, 2.24) is 4.98 Å². The molecule has 0 saturated heterocycles. The number of nitrogens with two attached hydrogens (primary N) is 1. The van der Waals surface area contributed by atoms with Gasteiger partial charge in [0.2, 0.25) is 0 Å². The molecular weight excluding hydrogens is 304 g/mol. The number of alkyl halides is 8. The fourth-order valence-corrected chi connectivity index (χ4v) is 1.32. The Kier molecular flexibility index (Phi) is 4.42. The summed E-state index contributed by atoms with van der Waals surface area (Å²) in [6, 6.07) is 0.296. The summed E-state index contributed by atoms with van der Waals surface area (Å²) >= 11 is 0. The molecule has 0 atom stereocenters. The van der Waals surface area contributed by atoms with Gasteiger partial charge in [0.1, 0.15) is 5.75 Å². The van der Waals surface area contributed by atoms with E-state index < -0.39 is 48.2 Å². The Balaban J connectivity index is 3.55. The molecule has 3 nitrogen and oxygen atoms in total. The quantitative estimate of drug-likeness (QED) is 0.871. The number of rotatable bonds is 3. The van der Waals surface area contributed by atoms with Crippen molar-refractivity contribution >= 4 is 0 Å². The Bertz CT molecular complexity index is 482. The number of aromatic nitrogens is 1. The van der Waals surface area contributed by atoms with Crippen LogP contribution < -0.4 is 10.5 Å². The molecule has 0 spiro atoms. The van der Waals surface area contributed by atoms with Gasteiger partial charge in [-0.2, -0.15) is 13.2 Å².